The van der Waals surface area contributed by atoms with Gasteiger partial charge < -0.3 is 19.6 Å². The molecule has 7 nitrogen and oxygen atoms in total. The van der Waals surface area contributed by atoms with Crippen LogP contribution in [0.15, 0.2) is 54.4 Å². The molecule has 1 aromatic carbocycles. The topological polar surface area (TPSA) is 83.0 Å². The van der Waals surface area contributed by atoms with Gasteiger partial charge in [0.1, 0.15) is 11.5 Å². The highest BCUT2D eigenvalue weighted by atomic mass is 16.5. The number of methoxy groups -OCH3 is 1. The standard InChI is InChI=1S/C21H23N3O4/c1-23(2)11-12-24-18(14-7-9-22-10-8-14)17(20(26)21(24)27)19(25)15-5-4-6-16(13-15)28-3/h4-10,13,18,25H,11-12H2,1-3H3/b19-17+. The number of likely N-dealkylation sites (tertiary alicyclic amines) is 1. The molecule has 0 spiro atoms. The first-order valence-electron chi connectivity index (χ1n) is 8.91. The number of carbonyl (C=O) groups excluding carboxylic acids is 2. The number of pyridine rings is 1. The van der Waals surface area contributed by atoms with Gasteiger partial charge in [0.15, 0.2) is 0 Å². The molecule has 1 unspecified atom stereocenters. The van der Waals surface area contributed by atoms with E-state index in [0.29, 0.717) is 24.4 Å². The van der Waals surface area contributed by atoms with Gasteiger partial charge in [-0.15, -0.1) is 0 Å². The molecule has 0 saturated carbocycles. The van der Waals surface area contributed by atoms with Crippen LogP contribution >= 0.6 is 0 Å². The Morgan fingerprint density at radius 3 is 2.57 bits per heavy atom. The number of aromatic nitrogens is 1. The van der Waals surface area contributed by atoms with Gasteiger partial charge >= 0.3 is 0 Å². The quantitative estimate of drug-likeness (QED) is 0.469. The highest BCUT2D eigenvalue weighted by Gasteiger charge is 2.45. The third-order valence-corrected chi connectivity index (χ3v) is 4.69. The summed E-state index contributed by atoms with van der Waals surface area (Å²) < 4.78 is 5.20. The maximum absolute atomic E-state index is 12.8. The predicted octanol–water partition coefficient (Wildman–Crippen LogP) is 2.07. The first kappa shape index (κ1) is 19.6. The van der Waals surface area contributed by atoms with E-state index in [0.717, 1.165) is 5.56 Å². The predicted molar refractivity (Wildman–Crippen MR) is 105 cm³/mol. The van der Waals surface area contributed by atoms with Crippen molar-refractivity contribution in [2.24, 2.45) is 0 Å². The molecule has 3 rings (SSSR count). The smallest absolute Gasteiger partial charge is 0.295 e. The molecule has 146 valence electrons. The van der Waals surface area contributed by atoms with E-state index in [2.05, 4.69) is 4.98 Å². The zero-order valence-electron chi connectivity index (χ0n) is 16.1. The molecule has 0 radical (unpaired) electrons. The summed E-state index contributed by atoms with van der Waals surface area (Å²) in [6.07, 6.45) is 3.21. The minimum absolute atomic E-state index is 0.0724. The molecule has 7 heteroatoms. The fourth-order valence-corrected chi connectivity index (χ4v) is 3.24. The van der Waals surface area contributed by atoms with E-state index < -0.39 is 17.7 Å². The van der Waals surface area contributed by atoms with Gasteiger partial charge in [0.2, 0.25) is 0 Å². The number of Topliss-reactive ketones (excluding diaryl/α,β-unsaturated/α-hetero) is 1. The van der Waals surface area contributed by atoms with Crippen molar-refractivity contribution in [3.63, 3.8) is 0 Å². The average Bonchev–Trinajstić information content (AvgIpc) is 2.97. The van der Waals surface area contributed by atoms with Crippen LogP contribution in [0.1, 0.15) is 17.2 Å². The van der Waals surface area contributed by atoms with Crippen LogP contribution < -0.4 is 4.74 Å². The fourth-order valence-electron chi connectivity index (χ4n) is 3.24. The number of ether oxygens (including phenoxy) is 1. The van der Waals surface area contributed by atoms with Gasteiger partial charge in [0.05, 0.1) is 18.7 Å². The minimum atomic E-state index is -0.694. The van der Waals surface area contributed by atoms with Gasteiger partial charge in [-0.05, 0) is 43.9 Å². The number of hydrogen-bond donors (Lipinski definition) is 1. The number of amides is 1. The molecule has 1 aromatic heterocycles. The van der Waals surface area contributed by atoms with Crippen molar-refractivity contribution in [1.82, 2.24) is 14.8 Å². The number of likely N-dealkylation sites (N-methyl/N-ethyl adjacent to an activating group) is 1. The second-order valence-electron chi connectivity index (χ2n) is 6.81. The van der Waals surface area contributed by atoms with E-state index in [4.69, 9.17) is 4.74 Å². The van der Waals surface area contributed by atoms with Crippen molar-refractivity contribution in [3.8, 4) is 5.75 Å². The molecule has 1 N–H and O–H groups in total. The number of nitrogens with zero attached hydrogens (tertiary/aromatic N) is 3. The maximum Gasteiger partial charge on any atom is 0.295 e. The highest BCUT2D eigenvalue weighted by molar-refractivity contribution is 6.46. The first-order valence-corrected chi connectivity index (χ1v) is 8.91. The van der Waals surface area contributed by atoms with Crippen LogP contribution in [0.25, 0.3) is 5.76 Å². The Labute approximate surface area is 163 Å². The van der Waals surface area contributed by atoms with Crippen LogP contribution in [0.5, 0.6) is 5.75 Å². The van der Waals surface area contributed by atoms with Gasteiger partial charge in [0.25, 0.3) is 11.7 Å². The van der Waals surface area contributed by atoms with Crippen LogP contribution in [0.3, 0.4) is 0 Å². The van der Waals surface area contributed by atoms with E-state index in [1.807, 2.05) is 19.0 Å². The van der Waals surface area contributed by atoms with Crippen molar-refractivity contribution in [1.29, 1.82) is 0 Å². The van der Waals surface area contributed by atoms with Gasteiger partial charge in [-0.1, -0.05) is 12.1 Å². The molecule has 1 aliphatic rings. The number of benzene rings is 1. The third-order valence-electron chi connectivity index (χ3n) is 4.69. The fraction of sp³-hybridized carbons (Fsp3) is 0.286. The van der Waals surface area contributed by atoms with E-state index in [9.17, 15) is 14.7 Å². The molecular weight excluding hydrogens is 358 g/mol. The van der Waals surface area contributed by atoms with E-state index in [1.54, 1.807) is 48.8 Å². The molecule has 2 aromatic rings. The van der Waals surface area contributed by atoms with Gasteiger partial charge in [-0.3, -0.25) is 14.6 Å². The monoisotopic (exact) mass is 381 g/mol. The van der Waals surface area contributed by atoms with Crippen LogP contribution in [0.2, 0.25) is 0 Å². The summed E-state index contributed by atoms with van der Waals surface area (Å²) >= 11 is 0. The molecule has 1 fully saturated rings. The normalized spacial score (nSPS) is 18.7. The van der Waals surface area contributed by atoms with E-state index in [1.165, 1.54) is 12.0 Å². The minimum Gasteiger partial charge on any atom is -0.507 e. The number of aliphatic hydroxyl groups is 1. The Morgan fingerprint density at radius 1 is 1.21 bits per heavy atom. The number of aliphatic hydroxyl groups excluding tert-OH is 1. The molecule has 1 atom stereocenters. The van der Waals surface area contributed by atoms with Crippen LogP contribution in [0, 0.1) is 0 Å². The molecule has 2 heterocycles. The summed E-state index contributed by atoms with van der Waals surface area (Å²) in [5.41, 5.74) is 1.21. The first-order chi connectivity index (χ1) is 13.4. The summed E-state index contributed by atoms with van der Waals surface area (Å²) in [7, 11) is 5.32. The van der Waals surface area contributed by atoms with Crippen LogP contribution in [0.4, 0.5) is 0 Å². The van der Waals surface area contributed by atoms with Gasteiger partial charge in [-0.25, -0.2) is 0 Å². The van der Waals surface area contributed by atoms with E-state index >= 15 is 0 Å². The van der Waals surface area contributed by atoms with Crippen molar-refractivity contribution < 1.29 is 19.4 Å². The Hall–Kier alpha value is -3.19. The van der Waals surface area contributed by atoms with Crippen molar-refractivity contribution in [3.05, 3.63) is 65.5 Å². The van der Waals surface area contributed by atoms with Crippen molar-refractivity contribution >= 4 is 17.4 Å². The lowest BCUT2D eigenvalue weighted by molar-refractivity contribution is -0.140. The molecule has 28 heavy (non-hydrogen) atoms. The number of rotatable bonds is 6. The molecule has 1 aliphatic heterocycles. The lowest BCUT2D eigenvalue weighted by atomic mass is 9.96. The summed E-state index contributed by atoms with van der Waals surface area (Å²) in [6.45, 7) is 0.952. The summed E-state index contributed by atoms with van der Waals surface area (Å²) in [4.78, 5) is 33.0. The Balaban J connectivity index is 2.13. The summed E-state index contributed by atoms with van der Waals surface area (Å²) in [5, 5.41) is 11.0. The summed E-state index contributed by atoms with van der Waals surface area (Å²) in [5.74, 6) is -0.980. The molecule has 0 aliphatic carbocycles. The lowest BCUT2D eigenvalue weighted by Crippen LogP contribution is -2.35. The second-order valence-corrected chi connectivity index (χ2v) is 6.81. The van der Waals surface area contributed by atoms with Crippen LogP contribution in [-0.2, 0) is 9.59 Å². The molecular formula is C21H23N3O4. The van der Waals surface area contributed by atoms with Crippen LogP contribution in [-0.4, -0.2) is 65.9 Å². The molecule has 1 amide bonds. The average molecular weight is 381 g/mol. The van der Waals surface area contributed by atoms with Crippen molar-refractivity contribution in [2.75, 3.05) is 34.3 Å². The highest BCUT2D eigenvalue weighted by Crippen LogP contribution is 2.39. The second kappa shape index (κ2) is 8.22. The van der Waals surface area contributed by atoms with Gasteiger partial charge in [-0.2, -0.15) is 0 Å². The molecule has 0 bridgehead atoms. The van der Waals surface area contributed by atoms with Gasteiger partial charge in [0, 0.05) is 31.0 Å². The number of carbonyl (C=O) groups is 2. The lowest BCUT2D eigenvalue weighted by Gasteiger charge is -2.26. The zero-order valence-corrected chi connectivity index (χ0v) is 16.1. The SMILES string of the molecule is COc1cccc(/C(O)=C2\C(=O)C(=O)N(CCN(C)C)C2c2ccncc2)c1. The van der Waals surface area contributed by atoms with E-state index in [-0.39, 0.29) is 11.3 Å². The Kier molecular flexibility index (Phi) is 5.75. The van der Waals surface area contributed by atoms with Crippen molar-refractivity contribution in [2.45, 2.75) is 6.04 Å². The number of hydrogen-bond acceptors (Lipinski definition) is 6. The Bertz CT molecular complexity index is 909. The maximum atomic E-state index is 12.8. The molecule has 1 saturated heterocycles. The Morgan fingerprint density at radius 2 is 1.93 bits per heavy atom. The number of ketones is 1. The summed E-state index contributed by atoms with van der Waals surface area (Å²) in [6, 6.07) is 9.59. The zero-order chi connectivity index (χ0) is 20.3. The third kappa shape index (κ3) is 3.75. The largest absolute Gasteiger partial charge is 0.507 e.